The zero-order valence-corrected chi connectivity index (χ0v) is 18.8. The molecule has 0 atom stereocenters. The number of hydrogen-bond donors (Lipinski definition) is 2. The van der Waals surface area contributed by atoms with E-state index in [0.717, 1.165) is 30.3 Å². The van der Waals surface area contributed by atoms with Crippen LogP contribution in [-0.4, -0.2) is 53.8 Å². The number of aromatic nitrogens is 4. The van der Waals surface area contributed by atoms with Gasteiger partial charge in [0.2, 0.25) is 5.95 Å². The Bertz CT molecular complexity index is 1440. The summed E-state index contributed by atoms with van der Waals surface area (Å²) in [5, 5.41) is 10.7. The second-order valence-electron chi connectivity index (χ2n) is 7.42. The molecule has 33 heavy (non-hydrogen) atoms. The first-order valence-corrected chi connectivity index (χ1v) is 12.0. The van der Waals surface area contributed by atoms with Gasteiger partial charge in [0.1, 0.15) is 10.7 Å². The van der Waals surface area contributed by atoms with Gasteiger partial charge in [-0.25, -0.2) is 9.37 Å². The number of hydrogen-bond acceptors (Lipinski definition) is 8. The lowest BCUT2D eigenvalue weighted by Crippen LogP contribution is -2.43. The first kappa shape index (κ1) is 21.6. The van der Waals surface area contributed by atoms with E-state index in [-0.39, 0.29) is 27.3 Å². The van der Waals surface area contributed by atoms with E-state index in [9.17, 15) is 12.8 Å². The summed E-state index contributed by atoms with van der Waals surface area (Å²) < 4.78 is 41.8. The van der Waals surface area contributed by atoms with Crippen LogP contribution >= 0.6 is 11.6 Å². The minimum absolute atomic E-state index is 0.0744. The summed E-state index contributed by atoms with van der Waals surface area (Å²) in [5.74, 6) is -0.262. The molecule has 0 radical (unpaired) electrons. The minimum Gasteiger partial charge on any atom is -0.367 e. The van der Waals surface area contributed by atoms with Gasteiger partial charge in [0, 0.05) is 38.1 Å². The van der Waals surface area contributed by atoms with Crippen molar-refractivity contribution < 1.29 is 12.8 Å². The Morgan fingerprint density at radius 1 is 1.09 bits per heavy atom. The highest BCUT2D eigenvalue weighted by Crippen LogP contribution is 2.27. The monoisotopic (exact) mass is 487 g/mol. The highest BCUT2D eigenvalue weighted by Gasteiger charge is 2.24. The van der Waals surface area contributed by atoms with Gasteiger partial charge in [0.05, 0.1) is 22.3 Å². The third-order valence-electron chi connectivity index (χ3n) is 5.28. The van der Waals surface area contributed by atoms with Crippen molar-refractivity contribution in [3.63, 3.8) is 0 Å². The van der Waals surface area contributed by atoms with E-state index in [4.69, 9.17) is 11.6 Å². The van der Waals surface area contributed by atoms with E-state index >= 15 is 0 Å². The summed E-state index contributed by atoms with van der Waals surface area (Å²) in [6.07, 6.45) is 2.80. The zero-order valence-electron chi connectivity index (χ0n) is 17.2. The van der Waals surface area contributed by atoms with Gasteiger partial charge >= 0.3 is 0 Å². The Kier molecular flexibility index (Phi) is 5.60. The molecule has 0 saturated carbocycles. The average Bonchev–Trinajstić information content (AvgIpc) is 3.24. The Labute approximate surface area is 194 Å². The Balaban J connectivity index is 1.46. The van der Waals surface area contributed by atoms with Crippen molar-refractivity contribution in [2.45, 2.75) is 4.90 Å². The zero-order chi connectivity index (χ0) is 23.0. The van der Waals surface area contributed by atoms with Gasteiger partial charge in [-0.2, -0.15) is 18.5 Å². The Hall–Kier alpha value is -3.28. The quantitative estimate of drug-likeness (QED) is 0.442. The number of nitrogens with one attached hydrogen (secondary N) is 2. The lowest BCUT2D eigenvalue weighted by molar-refractivity contribution is 0.566. The second-order valence-corrected chi connectivity index (χ2v) is 9.57. The number of fused-ring (bicyclic) bond motifs is 1. The van der Waals surface area contributed by atoms with Crippen molar-refractivity contribution in [3.05, 3.63) is 65.7 Å². The standard InChI is InChI=1S/C21H19ClFN7O2S/c22-16-3-1-2-4-19(16)33(31,32)30-20-14(13-26-30)12-25-21(28-20)27-15-5-6-18(17(23)11-15)29-9-7-24-8-10-29/h1-6,11-13,24H,7-10H2,(H,25,27,28). The van der Waals surface area contributed by atoms with Crippen molar-refractivity contribution >= 4 is 50.0 Å². The van der Waals surface area contributed by atoms with Crippen molar-refractivity contribution in [2.24, 2.45) is 0 Å². The molecule has 0 aliphatic carbocycles. The molecule has 5 rings (SSSR count). The third kappa shape index (κ3) is 4.10. The van der Waals surface area contributed by atoms with Crippen molar-refractivity contribution in [1.29, 1.82) is 0 Å². The molecular weight excluding hydrogens is 469 g/mol. The van der Waals surface area contributed by atoms with Crippen LogP contribution in [0.4, 0.5) is 21.7 Å². The molecule has 2 aromatic heterocycles. The fourth-order valence-electron chi connectivity index (χ4n) is 3.65. The number of nitrogens with zero attached hydrogens (tertiary/aromatic N) is 5. The van der Waals surface area contributed by atoms with Crippen LogP contribution in [0, 0.1) is 5.82 Å². The summed E-state index contributed by atoms with van der Waals surface area (Å²) in [6, 6.07) is 10.9. The Morgan fingerprint density at radius 2 is 1.88 bits per heavy atom. The minimum atomic E-state index is -4.08. The van der Waals surface area contributed by atoms with Crippen molar-refractivity contribution in [2.75, 3.05) is 36.4 Å². The summed E-state index contributed by atoms with van der Waals surface area (Å²) >= 11 is 6.09. The largest absolute Gasteiger partial charge is 0.367 e. The Morgan fingerprint density at radius 3 is 2.64 bits per heavy atom. The number of rotatable bonds is 5. The smallest absolute Gasteiger partial charge is 0.286 e. The fourth-order valence-corrected chi connectivity index (χ4v) is 5.38. The molecule has 12 heteroatoms. The molecule has 0 bridgehead atoms. The summed E-state index contributed by atoms with van der Waals surface area (Å²) in [7, 11) is -4.08. The maximum absolute atomic E-state index is 14.7. The predicted octanol–water partition coefficient (Wildman–Crippen LogP) is 3.01. The molecule has 0 amide bonds. The van der Waals surface area contributed by atoms with Gasteiger partial charge in [0.15, 0.2) is 5.65 Å². The molecule has 1 saturated heterocycles. The van der Waals surface area contributed by atoms with E-state index in [0.29, 0.717) is 16.8 Å². The van der Waals surface area contributed by atoms with Crippen LogP contribution in [0.2, 0.25) is 5.02 Å². The highest BCUT2D eigenvalue weighted by atomic mass is 35.5. The SMILES string of the molecule is O=S(=O)(c1ccccc1Cl)n1ncc2cnc(Nc3ccc(N4CCNCC4)c(F)c3)nc21. The summed E-state index contributed by atoms with van der Waals surface area (Å²) in [6.45, 7) is 3.07. The topological polar surface area (TPSA) is 105 Å². The van der Waals surface area contributed by atoms with Gasteiger partial charge < -0.3 is 15.5 Å². The number of benzene rings is 2. The van der Waals surface area contributed by atoms with Crippen LogP contribution in [-0.2, 0) is 10.0 Å². The van der Waals surface area contributed by atoms with E-state index in [2.05, 4.69) is 25.7 Å². The molecule has 0 unspecified atom stereocenters. The third-order valence-corrected chi connectivity index (χ3v) is 7.36. The van der Waals surface area contributed by atoms with Crippen LogP contribution < -0.4 is 15.5 Å². The van der Waals surface area contributed by atoms with E-state index in [1.165, 1.54) is 30.6 Å². The molecule has 1 fully saturated rings. The molecule has 4 aromatic rings. The lowest BCUT2D eigenvalue weighted by Gasteiger charge is -2.29. The lowest BCUT2D eigenvalue weighted by atomic mass is 10.2. The molecule has 1 aliphatic rings. The predicted molar refractivity (Wildman–Crippen MR) is 124 cm³/mol. The maximum atomic E-state index is 14.7. The second kappa shape index (κ2) is 8.58. The number of halogens is 2. The van der Waals surface area contributed by atoms with Crippen LogP contribution in [0.5, 0.6) is 0 Å². The molecular formula is C21H19ClFN7O2S. The maximum Gasteiger partial charge on any atom is 0.286 e. The first-order chi connectivity index (χ1) is 15.9. The number of anilines is 3. The highest BCUT2D eigenvalue weighted by molar-refractivity contribution is 7.90. The number of piperazine rings is 1. The van der Waals surface area contributed by atoms with E-state index in [1.54, 1.807) is 24.3 Å². The van der Waals surface area contributed by atoms with Gasteiger partial charge in [-0.15, -0.1) is 4.09 Å². The molecule has 2 N–H and O–H groups in total. The average molecular weight is 488 g/mol. The van der Waals surface area contributed by atoms with Crippen molar-refractivity contribution in [1.82, 2.24) is 24.5 Å². The summed E-state index contributed by atoms with van der Waals surface area (Å²) in [4.78, 5) is 10.4. The molecule has 1 aliphatic heterocycles. The molecule has 3 heterocycles. The van der Waals surface area contributed by atoms with Crippen LogP contribution in [0.1, 0.15) is 0 Å². The first-order valence-electron chi connectivity index (χ1n) is 10.2. The van der Waals surface area contributed by atoms with Gasteiger partial charge in [-0.1, -0.05) is 23.7 Å². The molecule has 170 valence electrons. The normalized spacial score (nSPS) is 14.5. The van der Waals surface area contributed by atoms with Crippen LogP contribution in [0.25, 0.3) is 11.0 Å². The molecule has 9 nitrogen and oxygen atoms in total. The molecule has 0 spiro atoms. The van der Waals surface area contributed by atoms with Gasteiger partial charge in [0.25, 0.3) is 10.0 Å². The fraction of sp³-hybridized carbons (Fsp3) is 0.190. The van der Waals surface area contributed by atoms with Gasteiger partial charge in [-0.05, 0) is 30.3 Å². The summed E-state index contributed by atoms with van der Waals surface area (Å²) in [5.41, 5.74) is 1.04. The van der Waals surface area contributed by atoms with E-state index in [1.807, 2.05) is 4.90 Å². The van der Waals surface area contributed by atoms with Crippen molar-refractivity contribution in [3.8, 4) is 0 Å². The van der Waals surface area contributed by atoms with Gasteiger partial charge in [-0.3, -0.25) is 0 Å². The van der Waals surface area contributed by atoms with Crippen LogP contribution in [0.15, 0.2) is 59.8 Å². The van der Waals surface area contributed by atoms with Crippen LogP contribution in [0.3, 0.4) is 0 Å². The van der Waals surface area contributed by atoms with E-state index < -0.39 is 10.0 Å². The molecule has 2 aromatic carbocycles.